The summed E-state index contributed by atoms with van der Waals surface area (Å²) in [6.07, 6.45) is 3.14. The number of para-hydroxylation sites is 1. The second-order valence-corrected chi connectivity index (χ2v) is 10.4. The van der Waals surface area contributed by atoms with Crippen molar-refractivity contribution >= 4 is 52.1 Å². The zero-order valence-corrected chi connectivity index (χ0v) is 20.4. The van der Waals surface area contributed by atoms with Gasteiger partial charge in [0.25, 0.3) is 0 Å². The van der Waals surface area contributed by atoms with Crippen LogP contribution in [0.2, 0.25) is 10.0 Å². The highest BCUT2D eigenvalue weighted by Crippen LogP contribution is 2.48. The molecule has 1 atom stereocenters. The van der Waals surface area contributed by atoms with Gasteiger partial charge in [-0.3, -0.25) is 0 Å². The maximum Gasteiger partial charge on any atom is 0.173 e. The molecular weight excluding hydrogens is 491 g/mol. The van der Waals surface area contributed by atoms with Gasteiger partial charge in [-0.2, -0.15) is 9.61 Å². The first kappa shape index (κ1) is 21.9. The van der Waals surface area contributed by atoms with E-state index < -0.39 is 0 Å². The predicted molar refractivity (Wildman–Crippen MR) is 136 cm³/mol. The van der Waals surface area contributed by atoms with Crippen LogP contribution in [-0.2, 0) is 0 Å². The molecule has 10 heteroatoms. The Morgan fingerprint density at radius 3 is 2.68 bits per heavy atom. The minimum absolute atomic E-state index is 0.136. The van der Waals surface area contributed by atoms with Crippen LogP contribution in [0.5, 0.6) is 5.75 Å². The standard InChI is InChI=1S/C24H22Cl2N6OS/c25-15-5-3-7-18(20(15)26)34-21-16(27)12-19(32-23(21)29-13-30-32)31-10-8-24(9-11-31)22(28)14-4-1-2-6-17(14)33-24/h1-7,12-13,22H,8-11,27-28H2. The summed E-state index contributed by atoms with van der Waals surface area (Å²) >= 11 is 14.0. The van der Waals surface area contributed by atoms with E-state index in [0.29, 0.717) is 21.4 Å². The van der Waals surface area contributed by atoms with Crippen LogP contribution in [0, 0.1) is 0 Å². The van der Waals surface area contributed by atoms with E-state index in [-0.39, 0.29) is 11.6 Å². The number of hydrogen-bond acceptors (Lipinski definition) is 7. The smallest absolute Gasteiger partial charge is 0.173 e. The van der Waals surface area contributed by atoms with Gasteiger partial charge < -0.3 is 21.1 Å². The topological polar surface area (TPSA) is 94.7 Å². The van der Waals surface area contributed by atoms with Gasteiger partial charge in [-0.25, -0.2) is 4.98 Å². The number of pyridine rings is 1. The third-order valence-electron chi connectivity index (χ3n) is 6.71. The molecule has 2 aromatic carbocycles. The lowest BCUT2D eigenvalue weighted by molar-refractivity contribution is 0.0430. The lowest BCUT2D eigenvalue weighted by atomic mass is 9.83. The molecule has 2 aliphatic heterocycles. The number of anilines is 2. The minimum Gasteiger partial charge on any atom is -0.485 e. The number of piperidine rings is 1. The molecule has 1 saturated heterocycles. The largest absolute Gasteiger partial charge is 0.485 e. The van der Waals surface area contributed by atoms with Crippen molar-refractivity contribution in [3.8, 4) is 5.75 Å². The fourth-order valence-electron chi connectivity index (χ4n) is 4.89. The van der Waals surface area contributed by atoms with Crippen molar-refractivity contribution in [1.29, 1.82) is 0 Å². The van der Waals surface area contributed by atoms with Gasteiger partial charge in [-0.1, -0.05) is 59.2 Å². The molecule has 4 N–H and O–H groups in total. The molecule has 1 unspecified atom stereocenters. The van der Waals surface area contributed by atoms with Crippen molar-refractivity contribution < 1.29 is 4.74 Å². The molecule has 2 aromatic heterocycles. The maximum absolute atomic E-state index is 6.64. The average molecular weight is 513 g/mol. The van der Waals surface area contributed by atoms with Gasteiger partial charge in [-0.05, 0) is 18.2 Å². The van der Waals surface area contributed by atoms with Crippen LogP contribution in [0.1, 0.15) is 24.4 Å². The van der Waals surface area contributed by atoms with Gasteiger partial charge in [-0.15, -0.1) is 0 Å². The molecule has 0 aliphatic carbocycles. The predicted octanol–water partition coefficient (Wildman–Crippen LogP) is 5.20. The summed E-state index contributed by atoms with van der Waals surface area (Å²) in [6.45, 7) is 1.53. The van der Waals surface area contributed by atoms with Crippen molar-refractivity contribution in [2.24, 2.45) is 5.73 Å². The van der Waals surface area contributed by atoms with Crippen LogP contribution in [0.15, 0.2) is 64.6 Å². The number of fused-ring (bicyclic) bond motifs is 2. The Kier molecular flexibility index (Phi) is 5.29. The Hall–Kier alpha value is -2.65. The van der Waals surface area contributed by atoms with E-state index in [1.165, 1.54) is 11.8 Å². The first-order valence-electron chi connectivity index (χ1n) is 11.0. The third-order valence-corrected chi connectivity index (χ3v) is 8.82. The molecule has 0 amide bonds. The van der Waals surface area contributed by atoms with Crippen LogP contribution < -0.4 is 21.1 Å². The van der Waals surface area contributed by atoms with Crippen LogP contribution in [0.4, 0.5) is 11.5 Å². The zero-order chi connectivity index (χ0) is 23.4. The SMILES string of the molecule is Nc1cc(N2CCC3(CC2)Oc2ccccc2C3N)n2ncnc2c1Sc1cccc(Cl)c1Cl. The van der Waals surface area contributed by atoms with Crippen LogP contribution in [-0.4, -0.2) is 33.3 Å². The fraction of sp³-hybridized carbons (Fsp3) is 0.250. The summed E-state index contributed by atoms with van der Waals surface area (Å²) in [5, 5.41) is 5.48. The van der Waals surface area contributed by atoms with Gasteiger partial charge in [0.05, 0.1) is 26.7 Å². The molecule has 1 spiro atoms. The highest BCUT2D eigenvalue weighted by molar-refractivity contribution is 7.99. The van der Waals surface area contributed by atoms with E-state index in [4.69, 9.17) is 39.4 Å². The Bertz CT molecular complexity index is 1400. The number of halogens is 2. The molecule has 4 heterocycles. The van der Waals surface area contributed by atoms with Crippen LogP contribution in [0.3, 0.4) is 0 Å². The molecule has 0 saturated carbocycles. The number of ether oxygens (including phenoxy) is 1. The van der Waals surface area contributed by atoms with E-state index in [2.05, 4.69) is 21.0 Å². The lowest BCUT2D eigenvalue weighted by Crippen LogP contribution is -2.51. The fourth-order valence-corrected chi connectivity index (χ4v) is 6.33. The molecular formula is C24H22Cl2N6OS. The van der Waals surface area contributed by atoms with E-state index in [9.17, 15) is 0 Å². The summed E-state index contributed by atoms with van der Waals surface area (Å²) in [7, 11) is 0. The molecule has 0 radical (unpaired) electrons. The monoisotopic (exact) mass is 512 g/mol. The van der Waals surface area contributed by atoms with Crippen molar-refractivity contribution in [2.75, 3.05) is 23.7 Å². The first-order chi connectivity index (χ1) is 16.5. The molecule has 2 aliphatic rings. The number of aromatic nitrogens is 3. The number of benzene rings is 2. The number of nitrogens with two attached hydrogens (primary N) is 2. The van der Waals surface area contributed by atoms with Gasteiger partial charge in [0.15, 0.2) is 5.65 Å². The lowest BCUT2D eigenvalue weighted by Gasteiger charge is -2.41. The molecule has 4 aromatic rings. The highest BCUT2D eigenvalue weighted by Gasteiger charge is 2.48. The van der Waals surface area contributed by atoms with Crippen LogP contribution >= 0.6 is 35.0 Å². The quantitative estimate of drug-likeness (QED) is 0.389. The maximum atomic E-state index is 6.64. The van der Waals surface area contributed by atoms with Gasteiger partial charge >= 0.3 is 0 Å². The van der Waals surface area contributed by atoms with Gasteiger partial charge in [0, 0.05) is 42.5 Å². The summed E-state index contributed by atoms with van der Waals surface area (Å²) in [4.78, 5) is 8.36. The van der Waals surface area contributed by atoms with E-state index in [0.717, 1.165) is 52.9 Å². The van der Waals surface area contributed by atoms with E-state index in [1.807, 2.05) is 40.9 Å². The summed E-state index contributed by atoms with van der Waals surface area (Å²) in [6, 6.07) is 15.4. The second kappa shape index (κ2) is 8.23. The summed E-state index contributed by atoms with van der Waals surface area (Å²) in [5.41, 5.74) is 15.2. The average Bonchev–Trinajstić information content (AvgIpc) is 3.43. The molecule has 0 bridgehead atoms. The zero-order valence-electron chi connectivity index (χ0n) is 18.1. The number of hydrogen-bond donors (Lipinski definition) is 2. The van der Waals surface area contributed by atoms with Crippen molar-refractivity contribution in [3.63, 3.8) is 0 Å². The summed E-state index contributed by atoms with van der Waals surface area (Å²) < 4.78 is 8.23. The molecule has 1 fully saturated rings. The van der Waals surface area contributed by atoms with Crippen molar-refractivity contribution in [3.05, 3.63) is 70.5 Å². The number of rotatable bonds is 3. The minimum atomic E-state index is -0.383. The Labute approximate surface area is 211 Å². The first-order valence-corrected chi connectivity index (χ1v) is 12.6. The third kappa shape index (κ3) is 3.40. The van der Waals surface area contributed by atoms with Crippen molar-refractivity contribution in [1.82, 2.24) is 14.6 Å². The molecule has 174 valence electrons. The van der Waals surface area contributed by atoms with Gasteiger partial charge in [0.2, 0.25) is 0 Å². The Balaban J connectivity index is 1.29. The molecule has 7 nitrogen and oxygen atoms in total. The summed E-state index contributed by atoms with van der Waals surface area (Å²) in [5.74, 6) is 1.79. The molecule has 34 heavy (non-hydrogen) atoms. The van der Waals surface area contributed by atoms with Gasteiger partial charge in [0.1, 0.15) is 23.5 Å². The normalized spacial score (nSPS) is 18.9. The van der Waals surface area contributed by atoms with Crippen LogP contribution in [0.25, 0.3) is 5.65 Å². The van der Waals surface area contributed by atoms with E-state index >= 15 is 0 Å². The molecule has 6 rings (SSSR count). The number of nitrogen functional groups attached to an aromatic ring is 1. The Morgan fingerprint density at radius 2 is 1.88 bits per heavy atom. The van der Waals surface area contributed by atoms with Crippen molar-refractivity contribution in [2.45, 2.75) is 34.3 Å². The Morgan fingerprint density at radius 1 is 1.09 bits per heavy atom. The second-order valence-electron chi connectivity index (χ2n) is 8.61. The highest BCUT2D eigenvalue weighted by atomic mass is 35.5. The van der Waals surface area contributed by atoms with E-state index in [1.54, 1.807) is 12.4 Å². The number of nitrogens with zero attached hydrogens (tertiary/aromatic N) is 4.